The van der Waals surface area contributed by atoms with Crippen molar-refractivity contribution in [3.8, 4) is 5.75 Å². The third kappa shape index (κ3) is 5.24. The summed E-state index contributed by atoms with van der Waals surface area (Å²) in [5.74, 6) is -2.53. The number of halogens is 4. The molecule has 0 radical (unpaired) electrons. The molecule has 0 spiro atoms. The first-order valence-corrected chi connectivity index (χ1v) is 11.7. The van der Waals surface area contributed by atoms with Gasteiger partial charge in [0.2, 0.25) is 0 Å². The first kappa shape index (κ1) is 24.5. The Labute approximate surface area is 190 Å². The summed E-state index contributed by atoms with van der Waals surface area (Å²) in [5.41, 5.74) is -0.216. The number of alkyl halides is 3. The quantitative estimate of drug-likeness (QED) is 0.585. The summed E-state index contributed by atoms with van der Waals surface area (Å²) in [5, 5.41) is 2.57. The Morgan fingerprint density at radius 1 is 1.38 bits per heavy atom. The number of nitrogens with one attached hydrogen (secondary N) is 1. The van der Waals surface area contributed by atoms with Crippen LogP contribution in [0.25, 0.3) is 0 Å². The molecule has 15 heteroatoms. The Morgan fingerprint density at radius 2 is 2.09 bits per heavy atom. The van der Waals surface area contributed by atoms with Crippen LogP contribution in [0.5, 0.6) is 5.75 Å². The summed E-state index contributed by atoms with van der Waals surface area (Å²) in [7, 11) is -4.83. The number of carbonyl (C=O) groups is 1. The maximum atomic E-state index is 13.0. The lowest BCUT2D eigenvalue weighted by Crippen LogP contribution is -2.48. The highest BCUT2D eigenvalue weighted by Gasteiger charge is 2.45. The van der Waals surface area contributed by atoms with E-state index in [4.69, 9.17) is 16.3 Å². The molecule has 1 atom stereocenters. The van der Waals surface area contributed by atoms with Crippen molar-refractivity contribution in [3.05, 3.63) is 29.5 Å². The average molecular weight is 515 g/mol. The molecular formula is C17H18ClF3N4O5S2. The number of benzene rings is 1. The first-order valence-electron chi connectivity index (χ1n) is 9.10. The zero-order chi connectivity index (χ0) is 23.7. The maximum Gasteiger partial charge on any atom is 0.493 e. The normalized spacial score (nSPS) is 18.8. The molecule has 3 rings (SSSR count). The molecular weight excluding hydrogens is 497 g/mol. The van der Waals surface area contributed by atoms with Crippen LogP contribution in [0.2, 0.25) is 5.02 Å². The van der Waals surface area contributed by atoms with E-state index >= 15 is 0 Å². The van der Waals surface area contributed by atoms with Gasteiger partial charge in [0.25, 0.3) is 15.2 Å². The highest BCUT2D eigenvalue weighted by molar-refractivity contribution is 7.92. The fourth-order valence-electron chi connectivity index (χ4n) is 2.92. The Bertz CT molecular complexity index is 1080. The average Bonchev–Trinajstić information content (AvgIpc) is 3.22. The van der Waals surface area contributed by atoms with E-state index in [1.54, 1.807) is 0 Å². The molecule has 32 heavy (non-hydrogen) atoms. The van der Waals surface area contributed by atoms with Gasteiger partial charge in [-0.25, -0.2) is 9.78 Å². The second-order valence-corrected chi connectivity index (χ2v) is 10.4. The van der Waals surface area contributed by atoms with Gasteiger partial charge >= 0.3 is 12.1 Å². The molecule has 1 N–H and O–H groups in total. The van der Waals surface area contributed by atoms with E-state index in [0.29, 0.717) is 24.5 Å². The maximum absolute atomic E-state index is 13.0. The van der Waals surface area contributed by atoms with Gasteiger partial charge in [0.15, 0.2) is 0 Å². The predicted octanol–water partition coefficient (Wildman–Crippen LogP) is 3.17. The molecule has 1 aliphatic rings. The molecule has 1 unspecified atom stereocenters. The minimum absolute atomic E-state index is 0.0835. The number of hydrogen-bond donors (Lipinski definition) is 1. The summed E-state index contributed by atoms with van der Waals surface area (Å²) in [4.78, 5) is 18.4. The lowest BCUT2D eigenvalue weighted by molar-refractivity contribution is -0.199. The van der Waals surface area contributed by atoms with Gasteiger partial charge in [-0.2, -0.15) is 26.0 Å². The van der Waals surface area contributed by atoms with E-state index in [1.807, 2.05) is 13.8 Å². The molecule has 9 nitrogen and oxygen atoms in total. The number of piperidine rings is 1. The van der Waals surface area contributed by atoms with Gasteiger partial charge in [-0.05, 0) is 31.2 Å². The molecule has 1 saturated heterocycles. The largest absolute Gasteiger partial charge is 0.493 e. The number of sulfonamides is 1. The van der Waals surface area contributed by atoms with Crippen molar-refractivity contribution < 1.29 is 36.0 Å². The van der Waals surface area contributed by atoms with Crippen molar-refractivity contribution in [1.82, 2.24) is 14.7 Å². The second-order valence-electron chi connectivity index (χ2n) is 7.49. The number of carbonyl (C=O) groups excluding carboxylic acids is 1. The molecule has 0 bridgehead atoms. The van der Waals surface area contributed by atoms with Crippen LogP contribution in [0.4, 0.5) is 18.3 Å². The number of ether oxygens (including phenoxy) is 1. The number of anilines is 1. The van der Waals surface area contributed by atoms with Crippen LogP contribution >= 0.6 is 23.1 Å². The van der Waals surface area contributed by atoms with Crippen molar-refractivity contribution in [2.75, 3.05) is 17.6 Å². The Morgan fingerprint density at radius 3 is 2.66 bits per heavy atom. The van der Waals surface area contributed by atoms with Gasteiger partial charge in [-0.1, -0.05) is 29.9 Å². The fourth-order valence-corrected chi connectivity index (χ4v) is 5.11. The van der Waals surface area contributed by atoms with Gasteiger partial charge in [0.05, 0.1) is 9.92 Å². The SMILES string of the molecule is CC1(C)CNCCC1Oc1ccc(S(=O)(=O)N(OC(=O)C(F)(F)F)c2ncns2)cc1Cl. The molecule has 2 aromatic rings. The van der Waals surface area contributed by atoms with Crippen LogP contribution in [0.3, 0.4) is 0 Å². The van der Waals surface area contributed by atoms with Crippen molar-refractivity contribution >= 4 is 44.3 Å². The molecule has 0 amide bonds. The lowest BCUT2D eigenvalue weighted by atomic mass is 9.82. The summed E-state index contributed by atoms with van der Waals surface area (Å²) in [6.45, 7) is 5.46. The fraction of sp³-hybridized carbons (Fsp3) is 0.471. The van der Waals surface area contributed by atoms with E-state index in [2.05, 4.69) is 19.5 Å². The molecule has 1 aliphatic heterocycles. The van der Waals surface area contributed by atoms with Crippen LogP contribution < -0.4 is 14.5 Å². The molecule has 176 valence electrons. The molecule has 0 aliphatic carbocycles. The Balaban J connectivity index is 1.90. The molecule has 1 aromatic heterocycles. The van der Waals surface area contributed by atoms with Crippen molar-refractivity contribution in [1.29, 1.82) is 0 Å². The van der Waals surface area contributed by atoms with Crippen LogP contribution in [-0.4, -0.2) is 49.1 Å². The predicted molar refractivity (Wildman–Crippen MR) is 109 cm³/mol. The summed E-state index contributed by atoms with van der Waals surface area (Å²) in [6, 6.07) is 3.37. The van der Waals surface area contributed by atoms with E-state index in [0.717, 1.165) is 25.0 Å². The summed E-state index contributed by atoms with van der Waals surface area (Å²) >= 11 is 6.63. The first-order chi connectivity index (χ1) is 14.8. The van der Waals surface area contributed by atoms with Crippen LogP contribution in [0, 0.1) is 5.41 Å². The number of rotatable bonds is 6. The van der Waals surface area contributed by atoms with E-state index in [1.165, 1.54) is 6.07 Å². The topological polar surface area (TPSA) is 111 Å². The third-order valence-electron chi connectivity index (χ3n) is 4.63. The van der Waals surface area contributed by atoms with Gasteiger partial charge < -0.3 is 14.9 Å². The Kier molecular flexibility index (Phi) is 6.88. The highest BCUT2D eigenvalue weighted by Crippen LogP contribution is 2.35. The molecule has 1 fully saturated rings. The van der Waals surface area contributed by atoms with Gasteiger partial charge in [0.1, 0.15) is 18.2 Å². The summed E-state index contributed by atoms with van der Waals surface area (Å²) in [6.07, 6.45) is -4.04. The van der Waals surface area contributed by atoms with Crippen LogP contribution in [-0.2, 0) is 19.7 Å². The third-order valence-corrected chi connectivity index (χ3v) is 7.21. The van der Waals surface area contributed by atoms with Crippen molar-refractivity contribution in [3.63, 3.8) is 0 Å². The molecule has 1 aromatic carbocycles. The zero-order valence-electron chi connectivity index (χ0n) is 16.7. The van der Waals surface area contributed by atoms with Gasteiger partial charge in [-0.3, -0.25) is 0 Å². The van der Waals surface area contributed by atoms with Crippen LogP contribution in [0.15, 0.2) is 29.4 Å². The zero-order valence-corrected chi connectivity index (χ0v) is 19.1. The van der Waals surface area contributed by atoms with Crippen molar-refractivity contribution in [2.45, 2.75) is 37.4 Å². The number of aromatic nitrogens is 2. The number of nitrogens with zero attached hydrogens (tertiary/aromatic N) is 3. The molecule has 0 saturated carbocycles. The van der Waals surface area contributed by atoms with Gasteiger partial charge in [-0.15, -0.1) is 0 Å². The van der Waals surface area contributed by atoms with E-state index < -0.39 is 32.2 Å². The highest BCUT2D eigenvalue weighted by atomic mass is 35.5. The minimum Gasteiger partial charge on any atom is -0.488 e. The van der Waals surface area contributed by atoms with E-state index in [9.17, 15) is 26.4 Å². The van der Waals surface area contributed by atoms with E-state index in [-0.39, 0.29) is 26.8 Å². The second kappa shape index (κ2) is 9.00. The lowest BCUT2D eigenvalue weighted by Gasteiger charge is -2.39. The minimum atomic E-state index is -5.44. The monoisotopic (exact) mass is 514 g/mol. The van der Waals surface area contributed by atoms with Crippen molar-refractivity contribution in [2.24, 2.45) is 5.41 Å². The van der Waals surface area contributed by atoms with Gasteiger partial charge in [0, 0.05) is 23.5 Å². The molecule has 2 heterocycles. The standard InChI is InChI=1S/C17H18ClF3N4O5S2/c1-16(2)8-22-6-5-13(16)29-12-4-3-10(7-11(12)18)32(27,28)25(15-23-9-24-31-15)30-14(26)17(19,20)21/h3-4,7,9,13,22H,5-6,8H2,1-2H3. The van der Waals surface area contributed by atoms with Crippen LogP contribution in [0.1, 0.15) is 20.3 Å². The summed E-state index contributed by atoms with van der Waals surface area (Å²) < 4.78 is 73.2. The number of hydrogen-bond acceptors (Lipinski definition) is 9. The smallest absolute Gasteiger partial charge is 0.488 e. The Hall–Kier alpha value is -2.16.